The fourth-order valence-corrected chi connectivity index (χ4v) is 5.77. The van der Waals surface area contributed by atoms with Crippen LogP contribution in [0.4, 0.5) is 5.69 Å². The second-order valence-electron chi connectivity index (χ2n) is 8.97. The topological polar surface area (TPSA) is 84.3 Å². The fraction of sp³-hybridized carbons (Fsp3) is 0.545. The van der Waals surface area contributed by atoms with Gasteiger partial charge >= 0.3 is 0 Å². The van der Waals surface area contributed by atoms with Gasteiger partial charge in [-0.25, -0.2) is 8.42 Å². The second kappa shape index (κ2) is 8.15. The molecule has 0 atom stereocenters. The first-order valence-electron chi connectivity index (χ1n) is 10.4. The normalized spacial score (nSPS) is 14.9. The van der Waals surface area contributed by atoms with E-state index in [1.54, 1.807) is 18.2 Å². The van der Waals surface area contributed by atoms with E-state index in [-0.39, 0.29) is 28.8 Å². The Bertz CT molecular complexity index is 1030. The van der Waals surface area contributed by atoms with E-state index in [0.29, 0.717) is 23.6 Å². The van der Waals surface area contributed by atoms with Crippen molar-refractivity contribution >= 4 is 21.6 Å². The molecule has 7 nitrogen and oxygen atoms in total. The van der Waals surface area contributed by atoms with Crippen molar-refractivity contribution in [3.63, 3.8) is 0 Å². The van der Waals surface area contributed by atoms with E-state index in [4.69, 9.17) is 0 Å². The van der Waals surface area contributed by atoms with Gasteiger partial charge in [-0.2, -0.15) is 9.40 Å². The van der Waals surface area contributed by atoms with Gasteiger partial charge in [-0.3, -0.25) is 9.48 Å². The number of sulfonamides is 1. The Kier molecular flexibility index (Phi) is 6.11. The number of hydrogen-bond donors (Lipinski definition) is 1. The maximum absolute atomic E-state index is 13.2. The molecule has 164 valence electrons. The lowest BCUT2D eigenvalue weighted by Crippen LogP contribution is -2.33. The predicted molar refractivity (Wildman–Crippen MR) is 118 cm³/mol. The molecule has 30 heavy (non-hydrogen) atoms. The van der Waals surface area contributed by atoms with Crippen molar-refractivity contribution in [3.8, 4) is 0 Å². The maximum Gasteiger partial charge on any atom is 0.246 e. The molecule has 1 heterocycles. The quantitative estimate of drug-likeness (QED) is 0.724. The van der Waals surface area contributed by atoms with Gasteiger partial charge in [0.2, 0.25) is 15.9 Å². The van der Waals surface area contributed by atoms with E-state index in [0.717, 1.165) is 12.8 Å². The number of carbonyl (C=O) groups excluding carboxylic acids is 1. The Labute approximate surface area is 179 Å². The molecule has 1 aromatic heterocycles. The van der Waals surface area contributed by atoms with Crippen LogP contribution in [-0.4, -0.2) is 41.0 Å². The molecule has 1 N–H and O–H groups in total. The Morgan fingerprint density at radius 1 is 1.20 bits per heavy atom. The first kappa shape index (κ1) is 22.5. The van der Waals surface area contributed by atoms with E-state index in [2.05, 4.69) is 31.2 Å². The summed E-state index contributed by atoms with van der Waals surface area (Å²) in [5.74, 6) is -0.248. The summed E-state index contributed by atoms with van der Waals surface area (Å²) in [4.78, 5) is 12.8. The molecule has 0 saturated heterocycles. The summed E-state index contributed by atoms with van der Waals surface area (Å²) in [6.07, 6.45) is 1.80. The molecular formula is C22H32N4O3S. The molecule has 1 aliphatic rings. The molecule has 1 fully saturated rings. The summed E-state index contributed by atoms with van der Waals surface area (Å²) in [6.45, 7) is 12.0. The summed E-state index contributed by atoms with van der Waals surface area (Å²) < 4.78 is 29.3. The Balaban J connectivity index is 1.76. The third-order valence-electron chi connectivity index (χ3n) is 5.48. The number of rotatable bonds is 7. The van der Waals surface area contributed by atoms with E-state index < -0.39 is 10.0 Å². The number of carbonyl (C=O) groups is 1. The van der Waals surface area contributed by atoms with Crippen molar-refractivity contribution in [1.29, 1.82) is 0 Å². The molecule has 0 aliphatic heterocycles. The highest BCUT2D eigenvalue weighted by molar-refractivity contribution is 7.89. The standard InChI is InChI=1S/C22H32N4O3S/c1-7-26(19-12-13-19)30(28,29)21-15(2)24-25(16(21)3)14-20(27)23-18-10-8-17(9-11-18)22(4,5)6/h8-11,19H,7,12-14H2,1-6H3,(H,23,27). The number of nitrogens with one attached hydrogen (secondary N) is 1. The molecule has 1 amide bonds. The van der Waals surface area contributed by atoms with E-state index in [9.17, 15) is 13.2 Å². The summed E-state index contributed by atoms with van der Waals surface area (Å²) in [5.41, 5.74) is 2.85. The van der Waals surface area contributed by atoms with Gasteiger partial charge in [-0.15, -0.1) is 0 Å². The van der Waals surface area contributed by atoms with Gasteiger partial charge in [0.25, 0.3) is 0 Å². The molecule has 1 aliphatic carbocycles. The van der Waals surface area contributed by atoms with Gasteiger partial charge in [0, 0.05) is 18.3 Å². The average molecular weight is 433 g/mol. The fourth-order valence-electron chi connectivity index (χ4n) is 3.70. The Morgan fingerprint density at radius 3 is 2.30 bits per heavy atom. The van der Waals surface area contributed by atoms with Crippen LogP contribution in [0.3, 0.4) is 0 Å². The van der Waals surface area contributed by atoms with Crippen LogP contribution in [-0.2, 0) is 26.8 Å². The number of hydrogen-bond acceptors (Lipinski definition) is 4. The monoisotopic (exact) mass is 432 g/mol. The van der Waals surface area contributed by atoms with Gasteiger partial charge in [0.15, 0.2) is 0 Å². The van der Waals surface area contributed by atoms with Crippen LogP contribution < -0.4 is 5.32 Å². The highest BCUT2D eigenvalue weighted by Crippen LogP contribution is 2.33. The maximum atomic E-state index is 13.2. The van der Waals surface area contributed by atoms with E-state index >= 15 is 0 Å². The van der Waals surface area contributed by atoms with Crippen LogP contribution in [0.5, 0.6) is 0 Å². The van der Waals surface area contributed by atoms with E-state index in [1.807, 2.05) is 31.2 Å². The van der Waals surface area contributed by atoms with Crippen LogP contribution in [0.2, 0.25) is 0 Å². The highest BCUT2D eigenvalue weighted by Gasteiger charge is 2.39. The number of anilines is 1. The van der Waals surface area contributed by atoms with Crippen LogP contribution in [0, 0.1) is 13.8 Å². The van der Waals surface area contributed by atoms with Gasteiger partial charge in [-0.05, 0) is 49.8 Å². The molecule has 0 bridgehead atoms. The summed E-state index contributed by atoms with van der Waals surface area (Å²) >= 11 is 0. The van der Waals surface area contributed by atoms with Crippen LogP contribution in [0.15, 0.2) is 29.2 Å². The molecule has 1 aromatic carbocycles. The molecule has 3 rings (SSSR count). The summed E-state index contributed by atoms with van der Waals surface area (Å²) in [7, 11) is -3.62. The lowest BCUT2D eigenvalue weighted by Gasteiger charge is -2.20. The molecule has 1 saturated carbocycles. The molecule has 0 spiro atoms. The van der Waals surface area contributed by atoms with E-state index in [1.165, 1.54) is 10.2 Å². The van der Waals surface area contributed by atoms with Gasteiger partial charge in [-0.1, -0.05) is 39.8 Å². The minimum absolute atomic E-state index is 0.0426. The number of aryl methyl sites for hydroxylation is 1. The number of nitrogens with zero attached hydrogens (tertiary/aromatic N) is 3. The largest absolute Gasteiger partial charge is 0.324 e. The summed E-state index contributed by atoms with van der Waals surface area (Å²) in [5, 5.41) is 7.22. The molecule has 8 heteroatoms. The Hall–Kier alpha value is -2.19. The van der Waals surface area contributed by atoms with Crippen molar-refractivity contribution in [2.45, 2.75) is 77.3 Å². The van der Waals surface area contributed by atoms with Crippen molar-refractivity contribution in [1.82, 2.24) is 14.1 Å². The highest BCUT2D eigenvalue weighted by atomic mass is 32.2. The first-order chi connectivity index (χ1) is 13.9. The zero-order valence-corrected chi connectivity index (χ0v) is 19.5. The first-order valence-corrected chi connectivity index (χ1v) is 11.9. The van der Waals surface area contributed by atoms with Crippen molar-refractivity contribution in [2.24, 2.45) is 0 Å². The smallest absolute Gasteiger partial charge is 0.246 e. The van der Waals surface area contributed by atoms with Crippen molar-refractivity contribution in [2.75, 3.05) is 11.9 Å². The van der Waals surface area contributed by atoms with Gasteiger partial charge < -0.3 is 5.32 Å². The second-order valence-corrected chi connectivity index (χ2v) is 10.8. The summed E-state index contributed by atoms with van der Waals surface area (Å²) in [6, 6.07) is 7.84. The number of amides is 1. The SMILES string of the molecule is CCN(C1CC1)S(=O)(=O)c1c(C)nn(CC(=O)Nc2ccc(C(C)(C)C)cc2)c1C. The van der Waals surface area contributed by atoms with Crippen LogP contribution in [0.25, 0.3) is 0 Å². The zero-order valence-electron chi connectivity index (χ0n) is 18.7. The van der Waals surface area contributed by atoms with Crippen molar-refractivity contribution in [3.05, 3.63) is 41.2 Å². The number of benzene rings is 1. The van der Waals surface area contributed by atoms with Crippen LogP contribution in [0.1, 0.15) is 57.5 Å². The third kappa shape index (κ3) is 4.59. The minimum atomic E-state index is -3.62. The zero-order chi connectivity index (χ0) is 22.3. The van der Waals surface area contributed by atoms with Crippen molar-refractivity contribution < 1.29 is 13.2 Å². The molecular weight excluding hydrogens is 400 g/mol. The molecule has 0 radical (unpaired) electrons. The van der Waals surface area contributed by atoms with Crippen LogP contribution >= 0.6 is 0 Å². The molecule has 0 unspecified atom stereocenters. The predicted octanol–water partition coefficient (Wildman–Crippen LogP) is 3.61. The molecule has 2 aromatic rings. The third-order valence-corrected chi connectivity index (χ3v) is 7.76. The lowest BCUT2D eigenvalue weighted by molar-refractivity contribution is -0.116. The van der Waals surface area contributed by atoms with Gasteiger partial charge in [0.05, 0.1) is 11.4 Å². The average Bonchev–Trinajstić information content (AvgIpc) is 3.41. The number of aromatic nitrogens is 2. The van der Waals surface area contributed by atoms with Gasteiger partial charge in [0.1, 0.15) is 11.4 Å². The Morgan fingerprint density at radius 2 is 1.80 bits per heavy atom. The minimum Gasteiger partial charge on any atom is -0.324 e. The lowest BCUT2D eigenvalue weighted by atomic mass is 9.87.